The molecule has 3 rings (SSSR count). The number of nitrogens with zero attached hydrogens (tertiary/aromatic N) is 1. The standard InChI is InChI=1S/C21H28N2O3S.ClH/c1-26-20-10-7-11-21(16-20)27(24,25)22-13-5-2-6-14-23-15-12-18-8-3-4-9-19(18)17-23;/h3-4,7-11,16,22H,2,5-6,12-15,17H2,1H3;1H. The van der Waals surface area contributed by atoms with Gasteiger partial charge in [0.05, 0.1) is 12.0 Å². The third kappa shape index (κ3) is 6.21. The smallest absolute Gasteiger partial charge is 0.240 e. The number of sulfonamides is 1. The first-order chi connectivity index (χ1) is 13.1. The molecule has 1 aliphatic heterocycles. The van der Waals surface area contributed by atoms with Gasteiger partial charge in [0.15, 0.2) is 0 Å². The Morgan fingerprint density at radius 2 is 1.82 bits per heavy atom. The lowest BCUT2D eigenvalue weighted by molar-refractivity contribution is 0.248. The molecule has 0 unspecified atom stereocenters. The number of ether oxygens (including phenoxy) is 1. The Morgan fingerprint density at radius 1 is 1.04 bits per heavy atom. The van der Waals surface area contributed by atoms with Crippen LogP contribution in [0.15, 0.2) is 53.4 Å². The highest BCUT2D eigenvalue weighted by molar-refractivity contribution is 7.89. The van der Waals surface area contributed by atoms with Crippen molar-refractivity contribution in [2.75, 3.05) is 26.7 Å². The fourth-order valence-electron chi connectivity index (χ4n) is 3.44. The molecular formula is C21H29ClN2O3S. The van der Waals surface area contributed by atoms with Gasteiger partial charge >= 0.3 is 0 Å². The summed E-state index contributed by atoms with van der Waals surface area (Å²) in [5, 5.41) is 0. The summed E-state index contributed by atoms with van der Waals surface area (Å²) in [7, 11) is -1.95. The van der Waals surface area contributed by atoms with Gasteiger partial charge in [0.1, 0.15) is 5.75 Å². The van der Waals surface area contributed by atoms with Crippen LogP contribution in [0.5, 0.6) is 5.75 Å². The topological polar surface area (TPSA) is 58.6 Å². The van der Waals surface area contributed by atoms with Gasteiger partial charge in [0, 0.05) is 25.7 Å². The lowest BCUT2D eigenvalue weighted by atomic mass is 10.00. The molecule has 0 atom stereocenters. The minimum atomic E-state index is -3.47. The second-order valence-corrected chi connectivity index (χ2v) is 8.70. The summed E-state index contributed by atoms with van der Waals surface area (Å²) >= 11 is 0. The van der Waals surface area contributed by atoms with Crippen molar-refractivity contribution in [3.8, 4) is 5.75 Å². The summed E-state index contributed by atoms with van der Waals surface area (Å²) in [5.74, 6) is 0.543. The number of benzene rings is 2. The number of unbranched alkanes of at least 4 members (excludes halogenated alkanes) is 2. The van der Waals surface area contributed by atoms with Crippen LogP contribution < -0.4 is 9.46 Å². The minimum Gasteiger partial charge on any atom is -0.497 e. The number of hydrogen-bond donors (Lipinski definition) is 1. The van der Waals surface area contributed by atoms with E-state index in [9.17, 15) is 8.42 Å². The zero-order valence-electron chi connectivity index (χ0n) is 16.3. The Balaban J connectivity index is 0.00000280. The molecule has 5 nitrogen and oxygen atoms in total. The van der Waals surface area contributed by atoms with E-state index in [1.807, 2.05) is 0 Å². The number of fused-ring (bicyclic) bond motifs is 1. The van der Waals surface area contributed by atoms with E-state index >= 15 is 0 Å². The third-order valence-electron chi connectivity index (χ3n) is 5.00. The van der Waals surface area contributed by atoms with Crippen LogP contribution >= 0.6 is 12.4 Å². The lowest BCUT2D eigenvalue weighted by Crippen LogP contribution is -2.31. The zero-order valence-corrected chi connectivity index (χ0v) is 17.9. The molecule has 0 saturated heterocycles. The Bertz CT molecular complexity index is 858. The molecule has 2 aromatic carbocycles. The summed E-state index contributed by atoms with van der Waals surface area (Å²) < 4.78 is 32.4. The monoisotopic (exact) mass is 424 g/mol. The van der Waals surface area contributed by atoms with Gasteiger partial charge in [-0.25, -0.2) is 13.1 Å². The van der Waals surface area contributed by atoms with E-state index in [1.54, 1.807) is 18.2 Å². The van der Waals surface area contributed by atoms with Gasteiger partial charge in [-0.15, -0.1) is 12.4 Å². The summed E-state index contributed by atoms with van der Waals surface area (Å²) in [4.78, 5) is 2.73. The van der Waals surface area contributed by atoms with Crippen LogP contribution in [-0.4, -0.2) is 40.1 Å². The van der Waals surface area contributed by atoms with Crippen LogP contribution in [0.4, 0.5) is 0 Å². The maximum absolute atomic E-state index is 12.3. The first-order valence-corrected chi connectivity index (χ1v) is 11.0. The summed E-state index contributed by atoms with van der Waals surface area (Å²) in [6.45, 7) is 3.66. The summed E-state index contributed by atoms with van der Waals surface area (Å²) in [6.07, 6.45) is 4.06. The second kappa shape index (κ2) is 10.8. The highest BCUT2D eigenvalue weighted by Gasteiger charge is 2.16. The van der Waals surface area contributed by atoms with Crippen molar-refractivity contribution in [2.24, 2.45) is 0 Å². The van der Waals surface area contributed by atoms with Crippen molar-refractivity contribution in [1.29, 1.82) is 0 Å². The molecule has 154 valence electrons. The molecule has 0 aliphatic carbocycles. The van der Waals surface area contributed by atoms with Crippen LogP contribution in [0.1, 0.15) is 30.4 Å². The van der Waals surface area contributed by atoms with Crippen LogP contribution in [0.3, 0.4) is 0 Å². The van der Waals surface area contributed by atoms with E-state index in [0.29, 0.717) is 12.3 Å². The van der Waals surface area contributed by atoms with Gasteiger partial charge in [-0.05, 0) is 49.1 Å². The normalized spacial score (nSPS) is 14.2. The highest BCUT2D eigenvalue weighted by atomic mass is 35.5. The number of nitrogens with one attached hydrogen (secondary N) is 1. The molecule has 1 N–H and O–H groups in total. The van der Waals surface area contributed by atoms with E-state index < -0.39 is 10.0 Å². The first kappa shape index (κ1) is 22.7. The molecule has 0 amide bonds. The fourth-order valence-corrected chi connectivity index (χ4v) is 4.55. The largest absolute Gasteiger partial charge is 0.497 e. The van der Waals surface area contributed by atoms with E-state index in [4.69, 9.17) is 4.74 Å². The maximum atomic E-state index is 12.3. The molecule has 2 aromatic rings. The molecule has 7 heteroatoms. The maximum Gasteiger partial charge on any atom is 0.240 e. The van der Waals surface area contributed by atoms with Crippen molar-refractivity contribution in [3.05, 3.63) is 59.7 Å². The van der Waals surface area contributed by atoms with Gasteiger partial charge in [0.25, 0.3) is 0 Å². The predicted molar refractivity (Wildman–Crippen MR) is 115 cm³/mol. The summed E-state index contributed by atoms with van der Waals surface area (Å²) in [5.41, 5.74) is 2.91. The first-order valence-electron chi connectivity index (χ1n) is 9.51. The third-order valence-corrected chi connectivity index (χ3v) is 6.46. The van der Waals surface area contributed by atoms with E-state index in [1.165, 1.54) is 24.3 Å². The van der Waals surface area contributed by atoms with Gasteiger partial charge in [0.2, 0.25) is 10.0 Å². The lowest BCUT2D eigenvalue weighted by Gasteiger charge is -2.28. The van der Waals surface area contributed by atoms with E-state index in [-0.39, 0.29) is 17.3 Å². The van der Waals surface area contributed by atoms with Gasteiger partial charge in [-0.1, -0.05) is 36.8 Å². The predicted octanol–water partition coefficient (Wildman–Crippen LogP) is 3.62. The molecule has 0 bridgehead atoms. The summed E-state index contributed by atoms with van der Waals surface area (Å²) in [6, 6.07) is 15.2. The second-order valence-electron chi connectivity index (χ2n) is 6.93. The Morgan fingerprint density at radius 3 is 2.61 bits per heavy atom. The minimum absolute atomic E-state index is 0. The molecule has 0 radical (unpaired) electrons. The van der Waals surface area contributed by atoms with Gasteiger partial charge < -0.3 is 4.74 Å². The van der Waals surface area contributed by atoms with Crippen LogP contribution in [0, 0.1) is 0 Å². The van der Waals surface area contributed by atoms with Crippen molar-refractivity contribution < 1.29 is 13.2 Å². The quantitative estimate of drug-likeness (QED) is 0.624. The Labute approximate surface area is 174 Å². The zero-order chi connectivity index (χ0) is 19.1. The van der Waals surface area contributed by atoms with E-state index in [2.05, 4.69) is 33.9 Å². The average Bonchev–Trinajstić information content (AvgIpc) is 2.70. The molecular weight excluding hydrogens is 396 g/mol. The fraction of sp³-hybridized carbons (Fsp3) is 0.429. The van der Waals surface area contributed by atoms with E-state index in [0.717, 1.165) is 45.3 Å². The SMILES string of the molecule is COc1cccc(S(=O)(=O)NCCCCCN2CCc3ccccc3C2)c1.Cl. The van der Waals surface area contributed by atoms with Crippen LogP contribution in [0.25, 0.3) is 0 Å². The molecule has 0 spiro atoms. The average molecular weight is 425 g/mol. The number of halogens is 1. The molecule has 0 saturated carbocycles. The van der Waals surface area contributed by atoms with Crippen molar-refractivity contribution in [1.82, 2.24) is 9.62 Å². The Hall–Kier alpha value is -1.60. The molecule has 1 aliphatic rings. The number of rotatable bonds is 9. The van der Waals surface area contributed by atoms with Crippen LogP contribution in [0.2, 0.25) is 0 Å². The van der Waals surface area contributed by atoms with Crippen molar-refractivity contribution in [2.45, 2.75) is 37.1 Å². The van der Waals surface area contributed by atoms with Crippen molar-refractivity contribution in [3.63, 3.8) is 0 Å². The number of methoxy groups -OCH3 is 1. The Kier molecular flexibility index (Phi) is 8.76. The molecule has 0 aromatic heterocycles. The molecule has 0 fully saturated rings. The van der Waals surface area contributed by atoms with Crippen molar-refractivity contribution >= 4 is 22.4 Å². The molecule has 28 heavy (non-hydrogen) atoms. The van der Waals surface area contributed by atoms with Crippen LogP contribution in [-0.2, 0) is 23.0 Å². The highest BCUT2D eigenvalue weighted by Crippen LogP contribution is 2.19. The number of hydrogen-bond acceptors (Lipinski definition) is 4. The van der Waals surface area contributed by atoms with Gasteiger partial charge in [-0.3, -0.25) is 4.90 Å². The van der Waals surface area contributed by atoms with Gasteiger partial charge in [-0.2, -0.15) is 0 Å². The molecule has 1 heterocycles.